The van der Waals surface area contributed by atoms with Gasteiger partial charge in [-0.25, -0.2) is 9.49 Å². The smallest absolute Gasteiger partial charge is 0.311 e. The van der Waals surface area contributed by atoms with Crippen molar-refractivity contribution in [2.75, 3.05) is 0 Å². The van der Waals surface area contributed by atoms with E-state index < -0.39 is 52.7 Å². The van der Waals surface area contributed by atoms with Crippen molar-refractivity contribution in [2.45, 2.75) is 65.6 Å². The Morgan fingerprint density at radius 2 is 1.90 bits per heavy atom. The molecule has 1 fully saturated rings. The maximum Gasteiger partial charge on any atom is 0.311 e. The number of hydrogen-bond acceptors (Lipinski definition) is 6. The number of ether oxygens (including phenoxy) is 1. The van der Waals surface area contributed by atoms with Crippen molar-refractivity contribution in [1.29, 1.82) is 0 Å². The Hall–Kier alpha value is -4.25. The molecular weight excluding hydrogens is 567 g/mol. The number of nitrogens with zero attached hydrogens (tertiary/aromatic N) is 2. The highest BCUT2D eigenvalue weighted by Gasteiger charge is 2.49. The minimum absolute atomic E-state index is 0.0629. The molecular formula is C30H32ClFN4O6. The van der Waals surface area contributed by atoms with Crippen LogP contribution in [0.4, 0.5) is 4.39 Å². The van der Waals surface area contributed by atoms with Crippen molar-refractivity contribution in [2.24, 2.45) is 5.41 Å². The number of aryl methyl sites for hydroxylation is 2. The van der Waals surface area contributed by atoms with Crippen LogP contribution in [0.25, 0.3) is 0 Å². The molecule has 4 rings (SSSR count). The predicted octanol–water partition coefficient (Wildman–Crippen LogP) is 4.93. The van der Waals surface area contributed by atoms with Gasteiger partial charge in [-0.1, -0.05) is 23.7 Å². The second-order valence-corrected chi connectivity index (χ2v) is 11.5. The summed E-state index contributed by atoms with van der Waals surface area (Å²) in [5.41, 5.74) is -0.506. The molecule has 3 N–H and O–H groups in total. The largest absolute Gasteiger partial charge is 0.481 e. The molecule has 0 bridgehead atoms. The average Bonchev–Trinajstić information content (AvgIpc) is 3.38. The number of rotatable bonds is 8. The third-order valence-corrected chi connectivity index (χ3v) is 7.81. The zero-order chi connectivity index (χ0) is 30.9. The van der Waals surface area contributed by atoms with Crippen LogP contribution in [0.15, 0.2) is 47.3 Å². The number of halogens is 2. The summed E-state index contributed by atoms with van der Waals surface area (Å²) < 4.78 is 20.6. The normalized spacial score (nSPS) is 17.5. The number of likely N-dealkylation sites (tertiary alicyclic amines) is 1. The van der Waals surface area contributed by atoms with Crippen LogP contribution in [0, 0.1) is 25.1 Å². The minimum Gasteiger partial charge on any atom is -0.481 e. The maximum atomic E-state index is 15.1. The van der Waals surface area contributed by atoms with Gasteiger partial charge in [0.2, 0.25) is 5.91 Å². The molecule has 1 aliphatic rings. The molecule has 42 heavy (non-hydrogen) atoms. The van der Waals surface area contributed by atoms with Gasteiger partial charge in [-0.2, -0.15) is 5.10 Å². The Kier molecular flexibility index (Phi) is 8.72. The Balaban J connectivity index is 1.58. The summed E-state index contributed by atoms with van der Waals surface area (Å²) in [6.45, 7) is 7.79. The highest BCUT2D eigenvalue weighted by Crippen LogP contribution is 2.44. The first-order valence-corrected chi connectivity index (χ1v) is 13.7. The van der Waals surface area contributed by atoms with Gasteiger partial charge < -0.3 is 20.1 Å². The lowest BCUT2D eigenvalue weighted by atomic mass is 9.83. The number of carbonyl (C=O) groups excluding carboxylic acids is 2. The van der Waals surface area contributed by atoms with E-state index in [4.69, 9.17) is 16.3 Å². The van der Waals surface area contributed by atoms with Crippen molar-refractivity contribution in [3.05, 3.63) is 86.0 Å². The minimum atomic E-state index is -1.27. The van der Waals surface area contributed by atoms with Crippen molar-refractivity contribution in [1.82, 2.24) is 20.4 Å². The van der Waals surface area contributed by atoms with Gasteiger partial charge in [-0.15, -0.1) is 0 Å². The topological polar surface area (TPSA) is 142 Å². The van der Waals surface area contributed by atoms with Gasteiger partial charge in [0.15, 0.2) is 17.3 Å². The lowest BCUT2D eigenvalue weighted by molar-refractivity contribution is -0.153. The second-order valence-electron chi connectivity index (χ2n) is 11.0. The highest BCUT2D eigenvalue weighted by molar-refractivity contribution is 6.30. The number of hydrogen-bond donors (Lipinski definition) is 3. The molecule has 10 nitrogen and oxygen atoms in total. The number of H-pyrrole nitrogens is 1. The number of aromatic amines is 1. The molecule has 0 radical (unpaired) electrons. The number of benzene rings is 2. The van der Waals surface area contributed by atoms with E-state index in [-0.39, 0.29) is 22.6 Å². The molecule has 2 heterocycles. The molecule has 0 spiro atoms. The van der Waals surface area contributed by atoms with Crippen LogP contribution in [0.1, 0.15) is 66.8 Å². The summed E-state index contributed by atoms with van der Waals surface area (Å²) in [5.74, 6) is -3.50. The molecule has 12 heteroatoms. The van der Waals surface area contributed by atoms with E-state index >= 15 is 4.39 Å². The fourth-order valence-corrected chi connectivity index (χ4v) is 5.43. The van der Waals surface area contributed by atoms with Gasteiger partial charge in [-0.05, 0) is 82.9 Å². The van der Waals surface area contributed by atoms with Gasteiger partial charge >= 0.3 is 11.5 Å². The second kappa shape index (κ2) is 11.9. The zero-order valence-corrected chi connectivity index (χ0v) is 24.6. The number of nitrogens with one attached hydrogen (secondary N) is 2. The van der Waals surface area contributed by atoms with E-state index in [0.717, 1.165) is 11.6 Å². The first-order chi connectivity index (χ1) is 19.7. The number of carboxylic acid groups (broad SMARTS) is 1. The number of amides is 2. The zero-order valence-electron chi connectivity index (χ0n) is 23.8. The van der Waals surface area contributed by atoms with Crippen molar-refractivity contribution >= 4 is 29.4 Å². The molecule has 1 saturated heterocycles. The lowest BCUT2D eigenvalue weighted by Crippen LogP contribution is -2.54. The number of aliphatic carboxylic acids is 1. The summed E-state index contributed by atoms with van der Waals surface area (Å²) in [4.78, 5) is 52.7. The summed E-state index contributed by atoms with van der Waals surface area (Å²) in [6, 6.07) is 8.57. The van der Waals surface area contributed by atoms with Crippen LogP contribution in [0.2, 0.25) is 5.02 Å². The lowest BCUT2D eigenvalue weighted by Gasteiger charge is -2.39. The first kappa shape index (κ1) is 30.7. The summed E-state index contributed by atoms with van der Waals surface area (Å²) in [7, 11) is 0. The molecule has 1 aliphatic heterocycles. The molecule has 2 aromatic carbocycles. The molecule has 222 valence electrons. The van der Waals surface area contributed by atoms with E-state index in [1.54, 1.807) is 39.0 Å². The Morgan fingerprint density at radius 3 is 2.55 bits per heavy atom. The van der Waals surface area contributed by atoms with E-state index in [1.165, 1.54) is 30.9 Å². The van der Waals surface area contributed by atoms with Crippen LogP contribution < -0.4 is 15.6 Å². The number of aromatic nitrogens is 2. The first-order valence-electron chi connectivity index (χ1n) is 13.4. The third-order valence-electron chi connectivity index (χ3n) is 7.58. The predicted molar refractivity (Wildman–Crippen MR) is 153 cm³/mol. The molecule has 3 atom stereocenters. The fraction of sp³-hybridized carbons (Fsp3) is 0.367. The fourth-order valence-electron chi connectivity index (χ4n) is 5.23. The number of carboxylic acids is 1. The Morgan fingerprint density at radius 1 is 1.19 bits per heavy atom. The summed E-state index contributed by atoms with van der Waals surface area (Å²) in [5, 5.41) is 19.0. The van der Waals surface area contributed by atoms with Gasteiger partial charge in [0, 0.05) is 22.7 Å². The molecule has 0 aliphatic carbocycles. The number of carbonyl (C=O) groups is 3. The average molecular weight is 599 g/mol. The van der Waals surface area contributed by atoms with Gasteiger partial charge in [0.05, 0.1) is 17.2 Å². The SMILES string of the molecule is Cc1cc(Oc2c(C)cc(C(=O)N[C@H](C)C(=O)N3[C@H](c4cccc(Cl)c4)CC[C@@H]3C(C)(C)C(=O)O)cc2F)c(=O)[nH]n1. The quantitative estimate of drug-likeness (QED) is 0.334. The van der Waals surface area contributed by atoms with Gasteiger partial charge in [-0.3, -0.25) is 19.2 Å². The molecule has 0 unspecified atom stereocenters. The molecule has 1 aromatic heterocycles. The summed E-state index contributed by atoms with van der Waals surface area (Å²) in [6.07, 6.45) is 0.953. The van der Waals surface area contributed by atoms with Gasteiger partial charge in [0.1, 0.15) is 6.04 Å². The van der Waals surface area contributed by atoms with E-state index in [9.17, 15) is 24.3 Å². The monoisotopic (exact) mass is 598 g/mol. The Bertz CT molecular complexity index is 1580. The molecule has 2 amide bonds. The highest BCUT2D eigenvalue weighted by atomic mass is 35.5. The Labute approximate surface area is 246 Å². The van der Waals surface area contributed by atoms with Crippen LogP contribution in [-0.2, 0) is 9.59 Å². The molecule has 0 saturated carbocycles. The van der Waals surface area contributed by atoms with Gasteiger partial charge in [0.25, 0.3) is 5.91 Å². The van der Waals surface area contributed by atoms with Crippen LogP contribution in [0.3, 0.4) is 0 Å². The van der Waals surface area contributed by atoms with Crippen molar-refractivity contribution in [3.8, 4) is 11.5 Å². The van der Waals surface area contributed by atoms with Crippen molar-refractivity contribution < 1.29 is 28.6 Å². The molecule has 3 aromatic rings. The van der Waals surface area contributed by atoms with E-state index in [0.29, 0.717) is 23.6 Å². The van der Waals surface area contributed by atoms with E-state index in [1.807, 2.05) is 6.07 Å². The summed E-state index contributed by atoms with van der Waals surface area (Å²) >= 11 is 6.21. The van der Waals surface area contributed by atoms with Crippen LogP contribution in [-0.4, -0.2) is 50.1 Å². The van der Waals surface area contributed by atoms with Crippen molar-refractivity contribution in [3.63, 3.8) is 0 Å². The third kappa shape index (κ3) is 6.15. The maximum absolute atomic E-state index is 15.1. The standard InChI is InChI=1S/C30H32ClFN4O6/c1-15-11-19(14-21(32)25(15)42-23-12-16(2)34-35-27(23)38)26(37)33-17(3)28(39)36-22(18-7-6-8-20(31)13-18)9-10-24(36)30(4,5)29(40)41/h6-8,11-14,17,22,24H,9-10H2,1-5H3,(H,33,37)(H,35,38)(H,40,41)/t17-,22+,24-/m1/s1. The van der Waals surface area contributed by atoms with E-state index in [2.05, 4.69) is 15.5 Å². The van der Waals surface area contributed by atoms with Crippen LogP contribution >= 0.6 is 11.6 Å². The van der Waals surface area contributed by atoms with Crippen LogP contribution in [0.5, 0.6) is 11.5 Å².